The van der Waals surface area contributed by atoms with Crippen LogP contribution in [0.15, 0.2) is 28.8 Å². The number of amides is 3. The number of nitrogens with zero attached hydrogens (tertiary/aromatic N) is 2. The first-order chi connectivity index (χ1) is 13.9. The van der Waals surface area contributed by atoms with Gasteiger partial charge in [-0.05, 0) is 25.0 Å². The van der Waals surface area contributed by atoms with Crippen LogP contribution in [0.3, 0.4) is 0 Å². The van der Waals surface area contributed by atoms with E-state index in [4.69, 9.17) is 4.52 Å². The first-order valence-corrected chi connectivity index (χ1v) is 9.12. The van der Waals surface area contributed by atoms with E-state index in [1.54, 1.807) is 19.1 Å². The summed E-state index contributed by atoms with van der Waals surface area (Å²) < 4.78 is 4.87. The van der Waals surface area contributed by atoms with Gasteiger partial charge < -0.3 is 9.84 Å². The van der Waals surface area contributed by atoms with E-state index in [1.165, 1.54) is 12.1 Å². The first kappa shape index (κ1) is 18.7. The summed E-state index contributed by atoms with van der Waals surface area (Å²) in [6, 6.07) is 5.31. The second-order valence-corrected chi connectivity index (χ2v) is 7.06. The van der Waals surface area contributed by atoms with Gasteiger partial charge in [-0.3, -0.25) is 28.9 Å². The number of ketones is 2. The fourth-order valence-electron chi connectivity index (χ4n) is 3.68. The third kappa shape index (κ3) is 3.24. The Morgan fingerprint density at radius 2 is 2.03 bits per heavy atom. The Kier molecular flexibility index (Phi) is 4.57. The maximum atomic E-state index is 13.0. The molecule has 29 heavy (non-hydrogen) atoms. The molecule has 9 heteroatoms. The molecule has 0 bridgehead atoms. The third-order valence-corrected chi connectivity index (χ3v) is 5.08. The number of hydrogen-bond acceptors (Lipinski definition) is 7. The molecule has 1 N–H and O–H groups in total. The van der Waals surface area contributed by atoms with Crippen LogP contribution in [0.5, 0.6) is 0 Å². The van der Waals surface area contributed by atoms with Crippen LogP contribution < -0.4 is 5.32 Å². The number of aryl methyl sites for hydroxylation is 1. The van der Waals surface area contributed by atoms with Crippen molar-refractivity contribution < 1.29 is 28.5 Å². The fraction of sp³-hybridized carbons (Fsp3) is 0.300. The summed E-state index contributed by atoms with van der Waals surface area (Å²) >= 11 is 0. The Labute approximate surface area is 165 Å². The quantitative estimate of drug-likeness (QED) is 0.609. The first-order valence-electron chi connectivity index (χ1n) is 9.12. The number of imide groups is 1. The average Bonchev–Trinajstić information content (AvgIpc) is 3.23. The van der Waals surface area contributed by atoms with Crippen molar-refractivity contribution in [2.24, 2.45) is 0 Å². The van der Waals surface area contributed by atoms with Gasteiger partial charge in [-0.25, -0.2) is 0 Å². The van der Waals surface area contributed by atoms with Gasteiger partial charge in [-0.1, -0.05) is 17.3 Å². The minimum Gasteiger partial charge on any atom is -0.361 e. The molecule has 1 aromatic heterocycles. The SMILES string of the molecule is Cc1cc(C(=O)NCc2cccc3c2C(=O)N(C2CCC(=O)CC2=O)C3=O)no1. The lowest BCUT2D eigenvalue weighted by molar-refractivity contribution is -0.132. The van der Waals surface area contributed by atoms with Crippen molar-refractivity contribution in [3.8, 4) is 0 Å². The van der Waals surface area contributed by atoms with Gasteiger partial charge in [-0.2, -0.15) is 0 Å². The summed E-state index contributed by atoms with van der Waals surface area (Å²) in [4.78, 5) is 62.7. The van der Waals surface area contributed by atoms with E-state index in [0.29, 0.717) is 11.3 Å². The molecule has 1 atom stereocenters. The number of nitrogens with one attached hydrogen (secondary N) is 1. The van der Waals surface area contributed by atoms with Crippen molar-refractivity contribution >= 4 is 29.3 Å². The molecule has 1 fully saturated rings. The van der Waals surface area contributed by atoms with Crippen LogP contribution in [-0.2, 0) is 16.1 Å². The van der Waals surface area contributed by atoms with E-state index in [2.05, 4.69) is 10.5 Å². The molecular formula is C20H17N3O6. The summed E-state index contributed by atoms with van der Waals surface area (Å²) in [5.74, 6) is -1.74. The van der Waals surface area contributed by atoms with E-state index < -0.39 is 29.5 Å². The molecule has 0 spiro atoms. The van der Waals surface area contributed by atoms with Crippen LogP contribution in [0.4, 0.5) is 0 Å². The Hall–Kier alpha value is -3.62. The Balaban J connectivity index is 1.57. The van der Waals surface area contributed by atoms with E-state index in [9.17, 15) is 24.0 Å². The molecule has 3 amide bonds. The lowest BCUT2D eigenvalue weighted by atomic mass is 9.92. The monoisotopic (exact) mass is 395 g/mol. The van der Waals surface area contributed by atoms with Crippen molar-refractivity contribution in [1.82, 2.24) is 15.4 Å². The largest absolute Gasteiger partial charge is 0.361 e. The molecule has 0 saturated heterocycles. The van der Waals surface area contributed by atoms with Gasteiger partial charge in [0, 0.05) is 19.0 Å². The third-order valence-electron chi connectivity index (χ3n) is 5.08. The molecule has 1 aromatic carbocycles. The normalized spacial score (nSPS) is 18.9. The molecule has 4 rings (SSSR count). The molecule has 1 aliphatic carbocycles. The van der Waals surface area contributed by atoms with Crippen LogP contribution in [0, 0.1) is 6.92 Å². The second-order valence-electron chi connectivity index (χ2n) is 7.06. The summed E-state index contributed by atoms with van der Waals surface area (Å²) in [6.07, 6.45) is 0.0304. The maximum Gasteiger partial charge on any atom is 0.273 e. The highest BCUT2D eigenvalue weighted by atomic mass is 16.5. The van der Waals surface area contributed by atoms with Crippen LogP contribution in [-0.4, -0.2) is 45.4 Å². The Morgan fingerprint density at radius 3 is 2.72 bits per heavy atom. The molecule has 148 valence electrons. The van der Waals surface area contributed by atoms with Gasteiger partial charge in [0.05, 0.1) is 23.6 Å². The molecule has 2 aromatic rings. The van der Waals surface area contributed by atoms with Crippen LogP contribution in [0.25, 0.3) is 0 Å². The number of carbonyl (C=O) groups is 5. The van der Waals surface area contributed by atoms with Gasteiger partial charge in [0.15, 0.2) is 11.5 Å². The topological polar surface area (TPSA) is 127 Å². The lowest BCUT2D eigenvalue weighted by Gasteiger charge is -2.27. The van der Waals surface area contributed by atoms with Crippen molar-refractivity contribution in [3.05, 3.63) is 52.4 Å². The minimum absolute atomic E-state index is 0.00211. The van der Waals surface area contributed by atoms with E-state index >= 15 is 0 Å². The Morgan fingerprint density at radius 1 is 1.24 bits per heavy atom. The van der Waals surface area contributed by atoms with Crippen molar-refractivity contribution in [2.45, 2.75) is 38.8 Å². The number of aromatic nitrogens is 1. The zero-order valence-corrected chi connectivity index (χ0v) is 15.6. The predicted molar refractivity (Wildman–Crippen MR) is 97.0 cm³/mol. The summed E-state index contributed by atoms with van der Waals surface area (Å²) in [5.41, 5.74) is 0.912. The van der Waals surface area contributed by atoms with E-state index in [-0.39, 0.29) is 48.4 Å². The van der Waals surface area contributed by atoms with E-state index in [1.807, 2.05) is 0 Å². The maximum absolute atomic E-state index is 13.0. The van der Waals surface area contributed by atoms with E-state index in [0.717, 1.165) is 4.90 Å². The molecule has 1 unspecified atom stereocenters. The summed E-state index contributed by atoms with van der Waals surface area (Å²) in [5, 5.41) is 6.28. The van der Waals surface area contributed by atoms with Crippen LogP contribution >= 0.6 is 0 Å². The number of hydrogen-bond donors (Lipinski definition) is 1. The molecule has 0 radical (unpaired) electrons. The number of benzene rings is 1. The van der Waals surface area contributed by atoms with Gasteiger partial charge in [0.1, 0.15) is 11.5 Å². The summed E-state index contributed by atoms with van der Waals surface area (Å²) in [6.45, 7) is 1.66. The lowest BCUT2D eigenvalue weighted by Crippen LogP contribution is -2.47. The van der Waals surface area contributed by atoms with Crippen molar-refractivity contribution in [3.63, 3.8) is 0 Å². The van der Waals surface area contributed by atoms with Crippen molar-refractivity contribution in [1.29, 1.82) is 0 Å². The number of rotatable bonds is 4. The molecule has 2 aliphatic rings. The summed E-state index contributed by atoms with van der Waals surface area (Å²) in [7, 11) is 0. The standard InChI is InChI=1S/C20H17N3O6/c1-10-7-14(22-29-10)18(26)21-9-11-3-2-4-13-17(11)20(28)23(19(13)27)15-6-5-12(24)8-16(15)25/h2-4,7,15H,5-6,8-9H2,1H3,(H,21,26). The fourth-order valence-corrected chi connectivity index (χ4v) is 3.68. The smallest absolute Gasteiger partial charge is 0.273 e. The zero-order valence-electron chi connectivity index (χ0n) is 15.6. The average molecular weight is 395 g/mol. The molecular weight excluding hydrogens is 378 g/mol. The van der Waals surface area contributed by atoms with Crippen LogP contribution in [0.2, 0.25) is 0 Å². The molecule has 1 aliphatic heterocycles. The number of fused-ring (bicyclic) bond motifs is 1. The van der Waals surface area contributed by atoms with Gasteiger partial charge in [-0.15, -0.1) is 0 Å². The molecule has 2 heterocycles. The van der Waals surface area contributed by atoms with Gasteiger partial charge in [0.25, 0.3) is 17.7 Å². The minimum atomic E-state index is -0.930. The van der Waals surface area contributed by atoms with Crippen LogP contribution in [0.1, 0.15) is 61.8 Å². The highest BCUT2D eigenvalue weighted by Gasteiger charge is 2.45. The Bertz CT molecular complexity index is 1070. The van der Waals surface area contributed by atoms with Crippen molar-refractivity contribution in [2.75, 3.05) is 0 Å². The number of carbonyl (C=O) groups excluding carboxylic acids is 5. The van der Waals surface area contributed by atoms with Gasteiger partial charge in [0.2, 0.25) is 0 Å². The molecule has 1 saturated carbocycles. The molecule has 9 nitrogen and oxygen atoms in total. The number of Topliss-reactive ketones (excluding diaryl/α,β-unsaturated/α-hetero) is 2. The highest BCUT2D eigenvalue weighted by molar-refractivity contribution is 6.24. The highest BCUT2D eigenvalue weighted by Crippen LogP contribution is 2.31. The van der Waals surface area contributed by atoms with Gasteiger partial charge >= 0.3 is 0 Å². The predicted octanol–water partition coefficient (Wildman–Crippen LogP) is 1.20. The zero-order chi connectivity index (χ0) is 20.7. The second kappa shape index (κ2) is 7.08.